The normalized spacial score (nSPS) is 13.1. The number of nitrogens with zero attached hydrogens (tertiary/aromatic N) is 3. The van der Waals surface area contributed by atoms with E-state index < -0.39 is 5.91 Å². The molecule has 0 atom stereocenters. The summed E-state index contributed by atoms with van der Waals surface area (Å²) in [4.78, 5) is 44.9. The molecule has 0 radical (unpaired) electrons. The maximum Gasteiger partial charge on any atom is 0.267 e. The van der Waals surface area contributed by atoms with Crippen molar-refractivity contribution in [3.05, 3.63) is 67.9 Å². The van der Waals surface area contributed by atoms with Gasteiger partial charge in [0.2, 0.25) is 0 Å². The number of carbonyl (C=O) groups excluding carboxylic acids is 2. The molecule has 4 aromatic rings. The fourth-order valence-corrected chi connectivity index (χ4v) is 5.84. The third-order valence-corrected chi connectivity index (χ3v) is 7.44. The average molecular weight is 477 g/mol. The monoisotopic (exact) mass is 476 g/mol. The van der Waals surface area contributed by atoms with Gasteiger partial charge in [-0.25, -0.2) is 4.98 Å². The van der Waals surface area contributed by atoms with E-state index >= 15 is 0 Å². The number of carbonyl (C=O) groups is 2. The molecule has 0 saturated heterocycles. The summed E-state index contributed by atoms with van der Waals surface area (Å²) in [6.45, 7) is 2.20. The minimum atomic E-state index is -0.532. The van der Waals surface area contributed by atoms with Gasteiger partial charge in [0, 0.05) is 24.7 Å². The van der Waals surface area contributed by atoms with E-state index in [-0.39, 0.29) is 27.9 Å². The Hall–Kier alpha value is -3.79. The maximum absolute atomic E-state index is 13.4. The molecule has 1 aliphatic carbocycles. The minimum absolute atomic E-state index is 0.0394. The fraction of sp³-hybridized carbons (Fsp3) is 0.292. The number of fused-ring (bicyclic) bond motifs is 3. The number of thiophene rings is 1. The summed E-state index contributed by atoms with van der Waals surface area (Å²) < 4.78 is 2.97. The van der Waals surface area contributed by atoms with Crippen molar-refractivity contribution in [2.45, 2.75) is 39.2 Å². The Bertz CT molecular complexity index is 1600. The lowest BCUT2D eigenvalue weighted by atomic mass is 9.95. The van der Waals surface area contributed by atoms with Gasteiger partial charge in [-0.2, -0.15) is 0 Å². The second-order valence-electron chi connectivity index (χ2n) is 8.18. The zero-order valence-electron chi connectivity index (χ0n) is 18.9. The number of rotatable bonds is 4. The Labute approximate surface area is 198 Å². The number of pyridine rings is 2. The van der Waals surface area contributed by atoms with Crippen LogP contribution in [0.2, 0.25) is 0 Å². The predicted molar refractivity (Wildman–Crippen MR) is 131 cm³/mol. The lowest BCUT2D eigenvalue weighted by Crippen LogP contribution is -2.32. The lowest BCUT2D eigenvalue weighted by Gasteiger charge is -2.14. The van der Waals surface area contributed by atoms with Crippen LogP contribution in [-0.4, -0.2) is 32.8 Å². The molecule has 174 valence electrons. The quantitative estimate of drug-likeness (QED) is 0.392. The average Bonchev–Trinajstić information content (AvgIpc) is 3.21. The molecule has 1 aliphatic rings. The first-order valence-corrected chi connectivity index (χ1v) is 12.0. The Morgan fingerprint density at radius 3 is 2.76 bits per heavy atom. The number of amides is 2. The second-order valence-corrected chi connectivity index (χ2v) is 9.29. The van der Waals surface area contributed by atoms with Gasteiger partial charge in [-0.3, -0.25) is 24.2 Å². The molecule has 0 unspecified atom stereocenters. The SMILES string of the molecule is CCn1c(=N)c(C(=O)Nc2sc3c(c2C(=O)NC)CCCC3)cc2c(=O)n3ccccc3nc21. The lowest BCUT2D eigenvalue weighted by molar-refractivity contribution is 0.0963. The Kier molecular flexibility index (Phi) is 5.52. The van der Waals surface area contributed by atoms with Crippen LogP contribution in [0.15, 0.2) is 35.3 Å². The molecule has 0 aliphatic heterocycles. The van der Waals surface area contributed by atoms with E-state index in [1.54, 1.807) is 36.0 Å². The van der Waals surface area contributed by atoms with E-state index in [1.165, 1.54) is 21.8 Å². The van der Waals surface area contributed by atoms with Crippen molar-refractivity contribution in [3.63, 3.8) is 0 Å². The largest absolute Gasteiger partial charge is 0.355 e. The van der Waals surface area contributed by atoms with Crippen molar-refractivity contribution in [2.24, 2.45) is 0 Å². The Morgan fingerprint density at radius 2 is 2.00 bits per heavy atom. The highest BCUT2D eigenvalue weighted by Crippen LogP contribution is 2.38. The molecular formula is C24H24N6O3S. The van der Waals surface area contributed by atoms with E-state index in [4.69, 9.17) is 5.41 Å². The standard InChI is InChI=1S/C24H24N6O3S/c1-3-29-19(25)14(12-15-20(29)27-17-10-6-7-11-30(17)24(15)33)21(31)28-23-18(22(32)26-2)13-8-4-5-9-16(13)34-23/h6-7,10-12,25H,3-5,8-9H2,1-2H3,(H,26,32)(H,28,31). The molecule has 0 aromatic carbocycles. The number of hydrogen-bond donors (Lipinski definition) is 3. The van der Waals surface area contributed by atoms with Gasteiger partial charge in [0.25, 0.3) is 17.4 Å². The fourth-order valence-electron chi connectivity index (χ4n) is 4.56. The van der Waals surface area contributed by atoms with Crippen molar-refractivity contribution in [3.8, 4) is 0 Å². The first-order valence-electron chi connectivity index (χ1n) is 11.2. The molecule has 0 saturated carbocycles. The topological polar surface area (TPSA) is 121 Å². The number of aryl methyl sites for hydroxylation is 2. The minimum Gasteiger partial charge on any atom is -0.355 e. The summed E-state index contributed by atoms with van der Waals surface area (Å²) in [5.41, 5.74) is 2.03. The van der Waals surface area contributed by atoms with Crippen molar-refractivity contribution in [1.82, 2.24) is 19.3 Å². The highest BCUT2D eigenvalue weighted by molar-refractivity contribution is 7.17. The summed E-state index contributed by atoms with van der Waals surface area (Å²) in [6.07, 6.45) is 5.36. The molecule has 34 heavy (non-hydrogen) atoms. The highest BCUT2D eigenvalue weighted by Gasteiger charge is 2.27. The number of nitrogens with one attached hydrogen (secondary N) is 3. The summed E-state index contributed by atoms with van der Waals surface area (Å²) in [5, 5.41) is 15.0. The van der Waals surface area contributed by atoms with Gasteiger partial charge < -0.3 is 15.2 Å². The first kappa shape index (κ1) is 22.0. The van der Waals surface area contributed by atoms with E-state index in [0.717, 1.165) is 36.1 Å². The third kappa shape index (κ3) is 3.41. The van der Waals surface area contributed by atoms with Gasteiger partial charge in [-0.15, -0.1) is 11.3 Å². The summed E-state index contributed by atoms with van der Waals surface area (Å²) in [6, 6.07) is 6.68. The van der Waals surface area contributed by atoms with E-state index in [2.05, 4.69) is 15.6 Å². The zero-order valence-corrected chi connectivity index (χ0v) is 19.7. The molecule has 4 heterocycles. The molecule has 3 N–H and O–H groups in total. The molecule has 4 aromatic heterocycles. The van der Waals surface area contributed by atoms with Gasteiger partial charge in [-0.1, -0.05) is 6.07 Å². The van der Waals surface area contributed by atoms with Gasteiger partial charge in [0.1, 0.15) is 21.8 Å². The van der Waals surface area contributed by atoms with E-state index in [1.807, 2.05) is 6.92 Å². The van der Waals surface area contributed by atoms with Crippen LogP contribution in [0, 0.1) is 5.41 Å². The number of anilines is 1. The van der Waals surface area contributed by atoms with Crippen LogP contribution in [0.25, 0.3) is 16.7 Å². The number of hydrogen-bond acceptors (Lipinski definition) is 6. The van der Waals surface area contributed by atoms with E-state index in [9.17, 15) is 14.4 Å². The molecule has 0 bridgehead atoms. The molecule has 2 amide bonds. The van der Waals surface area contributed by atoms with Gasteiger partial charge in [0.15, 0.2) is 0 Å². The summed E-state index contributed by atoms with van der Waals surface area (Å²) >= 11 is 1.41. The van der Waals surface area contributed by atoms with Gasteiger partial charge >= 0.3 is 0 Å². The molecule has 0 spiro atoms. The maximum atomic E-state index is 13.4. The first-order chi connectivity index (χ1) is 16.4. The molecular weight excluding hydrogens is 452 g/mol. The van der Waals surface area contributed by atoms with Crippen molar-refractivity contribution < 1.29 is 9.59 Å². The summed E-state index contributed by atoms with van der Waals surface area (Å²) in [7, 11) is 1.57. The highest BCUT2D eigenvalue weighted by atomic mass is 32.1. The number of aromatic nitrogens is 3. The molecule has 0 fully saturated rings. The summed E-state index contributed by atoms with van der Waals surface area (Å²) in [5.74, 6) is -0.771. The van der Waals surface area contributed by atoms with Crippen LogP contribution in [-0.2, 0) is 19.4 Å². The van der Waals surface area contributed by atoms with Crippen LogP contribution in [0.3, 0.4) is 0 Å². The van der Waals surface area contributed by atoms with Crippen LogP contribution < -0.4 is 21.7 Å². The molecule has 9 nitrogen and oxygen atoms in total. The zero-order chi connectivity index (χ0) is 24.0. The molecule has 5 rings (SSSR count). The van der Waals surface area contributed by atoms with Crippen LogP contribution in [0.1, 0.15) is 50.9 Å². The Balaban J connectivity index is 1.66. The van der Waals surface area contributed by atoms with Crippen molar-refractivity contribution in [2.75, 3.05) is 12.4 Å². The smallest absolute Gasteiger partial charge is 0.267 e. The van der Waals surface area contributed by atoms with Gasteiger partial charge in [-0.05, 0) is 56.4 Å². The Morgan fingerprint density at radius 1 is 1.21 bits per heavy atom. The van der Waals surface area contributed by atoms with Crippen LogP contribution >= 0.6 is 11.3 Å². The van der Waals surface area contributed by atoms with Gasteiger partial charge in [0.05, 0.1) is 16.5 Å². The van der Waals surface area contributed by atoms with Crippen molar-refractivity contribution >= 4 is 44.8 Å². The van der Waals surface area contributed by atoms with Crippen LogP contribution in [0.5, 0.6) is 0 Å². The second kappa shape index (κ2) is 8.53. The van der Waals surface area contributed by atoms with Crippen LogP contribution in [0.4, 0.5) is 5.00 Å². The predicted octanol–water partition coefficient (Wildman–Crippen LogP) is 2.70. The third-order valence-electron chi connectivity index (χ3n) is 6.23. The van der Waals surface area contributed by atoms with Crippen molar-refractivity contribution in [1.29, 1.82) is 5.41 Å². The molecule has 10 heteroatoms. The van der Waals surface area contributed by atoms with E-state index in [0.29, 0.717) is 28.4 Å².